The quantitative estimate of drug-likeness (QED) is 0.644. The van der Waals surface area contributed by atoms with Crippen molar-refractivity contribution in [1.29, 1.82) is 0 Å². The van der Waals surface area contributed by atoms with Crippen molar-refractivity contribution in [2.24, 2.45) is 4.99 Å². The van der Waals surface area contributed by atoms with Crippen LogP contribution in [0.2, 0.25) is 0 Å². The van der Waals surface area contributed by atoms with E-state index in [0.29, 0.717) is 24.0 Å². The first-order chi connectivity index (χ1) is 16.1. The Kier molecular flexibility index (Phi) is 5.73. The Morgan fingerprint density at radius 2 is 1.79 bits per heavy atom. The molecule has 3 heterocycles. The average molecular weight is 445 g/mol. The first kappa shape index (κ1) is 21.1. The second-order valence-corrected chi connectivity index (χ2v) is 8.26. The van der Waals surface area contributed by atoms with Crippen LogP contribution in [-0.2, 0) is 4.79 Å². The second-order valence-electron chi connectivity index (χ2n) is 8.26. The number of hydrogen-bond donors (Lipinski definition) is 1. The van der Waals surface area contributed by atoms with Crippen LogP contribution >= 0.6 is 0 Å². The fraction of sp³-hybridized carbons (Fsp3) is 0.280. The van der Waals surface area contributed by atoms with Gasteiger partial charge in [0.2, 0.25) is 18.1 Å². The summed E-state index contributed by atoms with van der Waals surface area (Å²) in [6.07, 6.45) is 2.28. The van der Waals surface area contributed by atoms with Crippen molar-refractivity contribution in [3.8, 4) is 0 Å². The van der Waals surface area contributed by atoms with Gasteiger partial charge in [0.15, 0.2) is 0 Å². The summed E-state index contributed by atoms with van der Waals surface area (Å²) in [5.74, 6) is 0.933. The van der Waals surface area contributed by atoms with Gasteiger partial charge in [-0.15, -0.1) is 0 Å². The maximum atomic E-state index is 13.4. The van der Waals surface area contributed by atoms with Crippen LogP contribution in [0.25, 0.3) is 0 Å². The number of fused-ring (bicyclic) bond motifs is 1. The molecule has 1 aromatic heterocycles. The molecular weight excluding hydrogens is 419 g/mol. The Balaban J connectivity index is 1.42. The van der Waals surface area contributed by atoms with Gasteiger partial charge in [0.05, 0.1) is 18.2 Å². The topological polar surface area (TPSA) is 73.7 Å². The largest absolute Gasteiger partial charge is 0.348 e. The highest BCUT2D eigenvalue weighted by molar-refractivity contribution is 6.12. The molecule has 0 spiro atoms. The number of benzene rings is 2. The molecule has 2 aliphatic heterocycles. The zero-order chi connectivity index (χ0) is 22.8. The maximum absolute atomic E-state index is 13.4. The maximum Gasteiger partial charge on any atom is 0.231 e. The third kappa shape index (κ3) is 4.41. The molecule has 0 bridgehead atoms. The molecule has 1 fully saturated rings. The highest BCUT2D eigenvalue weighted by atomic mass is 19.1. The van der Waals surface area contributed by atoms with Gasteiger partial charge in [-0.2, -0.15) is 4.98 Å². The fourth-order valence-electron chi connectivity index (χ4n) is 4.28. The molecule has 1 amide bonds. The molecule has 0 saturated carbocycles. The van der Waals surface area contributed by atoms with E-state index in [0.717, 1.165) is 24.1 Å². The summed E-state index contributed by atoms with van der Waals surface area (Å²) < 4.78 is 13.4. The van der Waals surface area contributed by atoms with E-state index in [1.54, 1.807) is 23.2 Å². The highest BCUT2D eigenvalue weighted by Crippen LogP contribution is 2.28. The van der Waals surface area contributed by atoms with Gasteiger partial charge in [-0.25, -0.2) is 14.4 Å². The molecule has 3 aromatic rings. The van der Waals surface area contributed by atoms with Gasteiger partial charge in [0, 0.05) is 19.3 Å². The molecular formula is C25H25FN6O. The van der Waals surface area contributed by atoms with Crippen molar-refractivity contribution in [2.45, 2.75) is 32.1 Å². The van der Waals surface area contributed by atoms with Crippen LogP contribution in [0.3, 0.4) is 0 Å². The number of nitrogens with one attached hydrogen (secondary N) is 1. The van der Waals surface area contributed by atoms with Crippen molar-refractivity contribution >= 4 is 23.4 Å². The molecule has 168 valence electrons. The van der Waals surface area contributed by atoms with Gasteiger partial charge in [-0.1, -0.05) is 42.5 Å². The number of carbonyl (C=O) groups is 1. The Morgan fingerprint density at radius 3 is 2.58 bits per heavy atom. The third-order valence-corrected chi connectivity index (χ3v) is 6.02. The fourth-order valence-corrected chi connectivity index (χ4v) is 4.28. The number of amides is 1. The zero-order valence-corrected chi connectivity index (χ0v) is 18.4. The molecule has 8 heteroatoms. The number of anilines is 2. The predicted octanol–water partition coefficient (Wildman–Crippen LogP) is 4.00. The van der Waals surface area contributed by atoms with Crippen LogP contribution in [0.4, 0.5) is 16.2 Å². The number of nitrogens with zero attached hydrogens (tertiary/aromatic N) is 5. The van der Waals surface area contributed by atoms with Crippen molar-refractivity contribution in [3.05, 3.63) is 83.8 Å². The highest BCUT2D eigenvalue weighted by Gasteiger charge is 2.37. The summed E-state index contributed by atoms with van der Waals surface area (Å²) >= 11 is 0. The third-order valence-electron chi connectivity index (χ3n) is 6.02. The van der Waals surface area contributed by atoms with Crippen molar-refractivity contribution < 1.29 is 9.18 Å². The van der Waals surface area contributed by atoms with E-state index in [9.17, 15) is 9.18 Å². The lowest BCUT2D eigenvalue weighted by Crippen LogP contribution is -2.58. The van der Waals surface area contributed by atoms with E-state index in [-0.39, 0.29) is 24.2 Å². The van der Waals surface area contributed by atoms with Crippen LogP contribution in [0, 0.1) is 5.82 Å². The van der Waals surface area contributed by atoms with Crippen LogP contribution in [0.5, 0.6) is 0 Å². The number of carbonyl (C=O) groups excluding carboxylic acids is 1. The van der Waals surface area contributed by atoms with Gasteiger partial charge in [-0.05, 0) is 42.7 Å². The average Bonchev–Trinajstić information content (AvgIpc) is 2.85. The van der Waals surface area contributed by atoms with Crippen LogP contribution in [-0.4, -0.2) is 45.9 Å². The standard InChI is InChI=1S/C25H25FN6O/c1-17(18-6-3-2-4-7-18)28-24-27-13-12-22(30-24)31-14-5-15-32-23(33)16-21(29-25(31)32)19-8-10-20(26)11-9-19/h2-4,6-13,17,25H,5,14-16H2,1H3,(H,27,28,30)/t17-,25?/m0/s1. The number of aliphatic imine (C=N–C) groups is 1. The summed E-state index contributed by atoms with van der Waals surface area (Å²) in [4.78, 5) is 30.8. The molecule has 7 nitrogen and oxygen atoms in total. The Hall–Kier alpha value is -3.81. The van der Waals surface area contributed by atoms with Gasteiger partial charge in [-0.3, -0.25) is 4.79 Å². The second kappa shape index (κ2) is 8.97. The van der Waals surface area contributed by atoms with Crippen LogP contribution < -0.4 is 10.2 Å². The molecule has 2 aromatic carbocycles. The monoisotopic (exact) mass is 444 g/mol. The van der Waals surface area contributed by atoms with Gasteiger partial charge in [0.1, 0.15) is 11.6 Å². The number of halogens is 1. The van der Waals surface area contributed by atoms with E-state index in [1.807, 2.05) is 29.2 Å². The summed E-state index contributed by atoms with van der Waals surface area (Å²) in [5.41, 5.74) is 2.57. The van der Waals surface area contributed by atoms with Crippen LogP contribution in [0.1, 0.15) is 36.9 Å². The number of hydrogen-bond acceptors (Lipinski definition) is 6. The molecule has 1 unspecified atom stereocenters. The summed E-state index contributed by atoms with van der Waals surface area (Å²) in [6, 6.07) is 18.1. The molecule has 2 aliphatic rings. The summed E-state index contributed by atoms with van der Waals surface area (Å²) in [6.45, 7) is 3.44. The van der Waals surface area contributed by atoms with Crippen molar-refractivity contribution in [1.82, 2.24) is 14.9 Å². The zero-order valence-electron chi connectivity index (χ0n) is 18.4. The smallest absolute Gasteiger partial charge is 0.231 e. The minimum absolute atomic E-state index is 0.0177. The van der Waals surface area contributed by atoms with Gasteiger partial charge < -0.3 is 15.1 Å². The summed E-state index contributed by atoms with van der Waals surface area (Å²) in [5, 5.41) is 3.36. The predicted molar refractivity (Wildman–Crippen MR) is 126 cm³/mol. The molecule has 2 atom stereocenters. The Labute approximate surface area is 192 Å². The van der Waals surface area contributed by atoms with E-state index in [4.69, 9.17) is 9.98 Å². The van der Waals surface area contributed by atoms with Gasteiger partial charge in [0.25, 0.3) is 0 Å². The minimum Gasteiger partial charge on any atom is -0.348 e. The van der Waals surface area contributed by atoms with Crippen molar-refractivity contribution in [2.75, 3.05) is 23.3 Å². The van der Waals surface area contributed by atoms with Crippen LogP contribution in [0.15, 0.2) is 71.9 Å². The molecule has 33 heavy (non-hydrogen) atoms. The molecule has 5 rings (SSSR count). The minimum atomic E-state index is -0.477. The number of aromatic nitrogens is 2. The normalized spacial score (nSPS) is 19.0. The van der Waals surface area contributed by atoms with E-state index < -0.39 is 6.29 Å². The van der Waals surface area contributed by atoms with E-state index in [1.165, 1.54) is 12.1 Å². The molecule has 0 aliphatic carbocycles. The first-order valence-electron chi connectivity index (χ1n) is 11.1. The molecule has 1 N–H and O–H groups in total. The number of rotatable bonds is 5. The lowest BCUT2D eigenvalue weighted by molar-refractivity contribution is -0.133. The van der Waals surface area contributed by atoms with Crippen molar-refractivity contribution in [3.63, 3.8) is 0 Å². The Morgan fingerprint density at radius 1 is 1.03 bits per heavy atom. The SMILES string of the molecule is C[C@H](Nc1nccc(N2CCCN3C(=O)CC(c4ccc(F)cc4)=NC32)n1)c1ccccc1. The van der Waals surface area contributed by atoms with E-state index >= 15 is 0 Å². The summed E-state index contributed by atoms with van der Waals surface area (Å²) in [7, 11) is 0. The lowest BCUT2D eigenvalue weighted by atomic mass is 10.0. The molecule has 0 radical (unpaired) electrons. The molecule has 1 saturated heterocycles. The van der Waals surface area contributed by atoms with E-state index in [2.05, 4.69) is 29.4 Å². The van der Waals surface area contributed by atoms with Gasteiger partial charge >= 0.3 is 0 Å². The first-order valence-corrected chi connectivity index (χ1v) is 11.1. The Bertz CT molecular complexity index is 1170. The lowest BCUT2D eigenvalue weighted by Gasteiger charge is -2.44.